The topological polar surface area (TPSA) is 82.3 Å². The van der Waals surface area contributed by atoms with E-state index < -0.39 is 6.04 Å². The summed E-state index contributed by atoms with van der Waals surface area (Å²) in [6, 6.07) is 9.21. The van der Waals surface area contributed by atoms with E-state index in [9.17, 15) is 14.4 Å². The maximum absolute atomic E-state index is 13.5. The molecule has 2 amide bonds. The molecule has 2 atom stereocenters. The average Bonchev–Trinajstić information content (AvgIpc) is 3.56. The van der Waals surface area contributed by atoms with E-state index in [0.29, 0.717) is 35.6 Å². The molecule has 0 aliphatic heterocycles. The van der Waals surface area contributed by atoms with Crippen LogP contribution in [0.3, 0.4) is 0 Å². The van der Waals surface area contributed by atoms with Gasteiger partial charge in [0, 0.05) is 24.7 Å². The second-order valence-electron chi connectivity index (χ2n) is 11.0. The van der Waals surface area contributed by atoms with E-state index in [4.69, 9.17) is 0 Å². The van der Waals surface area contributed by atoms with Gasteiger partial charge in [0.1, 0.15) is 11.7 Å². The van der Waals surface area contributed by atoms with Crippen molar-refractivity contribution in [3.05, 3.63) is 58.4 Å². The second kappa shape index (κ2) is 9.40. The molecular weight excluding hydrogens is 426 g/mol. The number of aromatic amines is 1. The number of Topliss-reactive ketones (excluding diaryl/α,β-unsaturated/α-hetero) is 1. The summed E-state index contributed by atoms with van der Waals surface area (Å²) >= 11 is 0. The zero-order chi connectivity index (χ0) is 24.6. The van der Waals surface area contributed by atoms with Gasteiger partial charge >= 0.3 is 0 Å². The molecular formula is C28H37N3O3. The van der Waals surface area contributed by atoms with Crippen molar-refractivity contribution in [3.63, 3.8) is 0 Å². The van der Waals surface area contributed by atoms with Crippen molar-refractivity contribution in [3.8, 4) is 0 Å². The fourth-order valence-electron chi connectivity index (χ4n) is 5.15. The van der Waals surface area contributed by atoms with Gasteiger partial charge in [-0.05, 0) is 55.6 Å². The summed E-state index contributed by atoms with van der Waals surface area (Å²) in [7, 11) is 1.80. The Labute approximate surface area is 202 Å². The monoisotopic (exact) mass is 463 g/mol. The third kappa shape index (κ3) is 5.11. The molecule has 1 aromatic carbocycles. The lowest BCUT2D eigenvalue weighted by Crippen LogP contribution is -2.48. The molecule has 0 spiro atoms. The van der Waals surface area contributed by atoms with Crippen LogP contribution in [-0.4, -0.2) is 40.6 Å². The first-order valence-electron chi connectivity index (χ1n) is 12.4. The van der Waals surface area contributed by atoms with E-state index >= 15 is 0 Å². The molecule has 6 nitrogen and oxygen atoms in total. The van der Waals surface area contributed by atoms with E-state index in [0.717, 1.165) is 24.1 Å². The maximum Gasteiger partial charge on any atom is 0.268 e. The maximum atomic E-state index is 13.5. The van der Waals surface area contributed by atoms with E-state index in [2.05, 4.69) is 24.1 Å². The fourth-order valence-corrected chi connectivity index (χ4v) is 5.15. The molecule has 1 heterocycles. The van der Waals surface area contributed by atoms with Gasteiger partial charge in [0.25, 0.3) is 5.91 Å². The van der Waals surface area contributed by atoms with Crippen molar-refractivity contribution in [1.82, 2.24) is 15.2 Å². The van der Waals surface area contributed by atoms with Crippen LogP contribution in [0, 0.1) is 18.3 Å². The molecule has 6 heteroatoms. The lowest BCUT2D eigenvalue weighted by atomic mass is 9.75. The van der Waals surface area contributed by atoms with Gasteiger partial charge in [0.05, 0.1) is 6.04 Å². The van der Waals surface area contributed by atoms with E-state index in [1.807, 2.05) is 44.2 Å². The molecule has 2 aliphatic carbocycles. The van der Waals surface area contributed by atoms with Crippen molar-refractivity contribution in [2.45, 2.75) is 78.3 Å². The summed E-state index contributed by atoms with van der Waals surface area (Å²) in [6.07, 6.45) is 5.15. The molecule has 2 aliphatic rings. The quantitative estimate of drug-likeness (QED) is 0.579. The molecule has 2 N–H and O–H groups in total. The third-order valence-electron chi connectivity index (χ3n) is 7.50. The smallest absolute Gasteiger partial charge is 0.268 e. The van der Waals surface area contributed by atoms with Gasteiger partial charge in [0.15, 0.2) is 5.78 Å². The van der Waals surface area contributed by atoms with Crippen molar-refractivity contribution >= 4 is 17.6 Å². The van der Waals surface area contributed by atoms with Gasteiger partial charge in [-0.2, -0.15) is 0 Å². The van der Waals surface area contributed by atoms with Gasteiger partial charge in [-0.15, -0.1) is 0 Å². The van der Waals surface area contributed by atoms with Crippen LogP contribution in [0.4, 0.5) is 0 Å². The molecule has 182 valence electrons. The van der Waals surface area contributed by atoms with E-state index in [-0.39, 0.29) is 29.1 Å². The van der Waals surface area contributed by atoms with Gasteiger partial charge in [0.2, 0.25) is 5.91 Å². The Bertz CT molecular complexity index is 1080. The molecule has 0 bridgehead atoms. The number of hydrogen-bond acceptors (Lipinski definition) is 3. The van der Waals surface area contributed by atoms with Crippen molar-refractivity contribution in [1.29, 1.82) is 0 Å². The molecule has 0 unspecified atom stereocenters. The minimum Gasteiger partial charge on any atom is -0.354 e. The average molecular weight is 464 g/mol. The van der Waals surface area contributed by atoms with Gasteiger partial charge in [-0.3, -0.25) is 14.4 Å². The molecule has 1 aromatic heterocycles. The standard InChI is InChI=1S/C28H37N3O3/c1-17-24-22(15-28(3,4)16-23(24)32)29-25(17)26(33)30-21(14-13-19-11-12-19)27(34)31(5)18(2)20-9-7-6-8-10-20/h6-10,18-19,21,29H,11-16H2,1-5H3,(H,30,33)/t18-,21-/m1/s1. The zero-order valence-corrected chi connectivity index (χ0v) is 21.0. The summed E-state index contributed by atoms with van der Waals surface area (Å²) in [5.41, 5.74) is 3.50. The van der Waals surface area contributed by atoms with Crippen LogP contribution in [0.15, 0.2) is 30.3 Å². The van der Waals surface area contributed by atoms with Crippen LogP contribution in [0.2, 0.25) is 0 Å². The summed E-state index contributed by atoms with van der Waals surface area (Å²) in [6.45, 7) is 7.97. The van der Waals surface area contributed by atoms with Crippen molar-refractivity contribution < 1.29 is 14.4 Å². The SMILES string of the molecule is Cc1c(C(=O)N[C@H](CCC2CC2)C(=O)N(C)[C@H](C)c2ccccc2)[nH]c2c1C(=O)CC(C)(C)C2. The number of carbonyl (C=O) groups excluding carboxylic acids is 3. The number of hydrogen-bond donors (Lipinski definition) is 2. The Morgan fingerprint density at radius 3 is 2.50 bits per heavy atom. The summed E-state index contributed by atoms with van der Waals surface area (Å²) in [5, 5.41) is 3.02. The molecule has 0 radical (unpaired) electrons. The molecule has 34 heavy (non-hydrogen) atoms. The van der Waals surface area contributed by atoms with Crippen molar-refractivity contribution in [2.24, 2.45) is 11.3 Å². The minimum atomic E-state index is -0.601. The van der Waals surface area contributed by atoms with Crippen LogP contribution < -0.4 is 5.32 Å². The van der Waals surface area contributed by atoms with E-state index in [1.165, 1.54) is 12.8 Å². The van der Waals surface area contributed by atoms with Gasteiger partial charge in [-0.25, -0.2) is 0 Å². The molecule has 2 aromatic rings. The normalized spacial score (nSPS) is 18.7. The Balaban J connectivity index is 1.53. The predicted molar refractivity (Wildman–Crippen MR) is 133 cm³/mol. The van der Waals surface area contributed by atoms with Gasteiger partial charge in [-0.1, -0.05) is 57.0 Å². The number of benzene rings is 1. The third-order valence-corrected chi connectivity index (χ3v) is 7.50. The number of H-pyrrole nitrogens is 1. The molecule has 0 saturated heterocycles. The number of amides is 2. The first kappa shape index (κ1) is 24.2. The van der Waals surface area contributed by atoms with E-state index in [1.54, 1.807) is 11.9 Å². The summed E-state index contributed by atoms with van der Waals surface area (Å²) < 4.78 is 0. The lowest BCUT2D eigenvalue weighted by molar-refractivity contribution is -0.134. The highest BCUT2D eigenvalue weighted by atomic mass is 16.2. The number of nitrogens with zero attached hydrogens (tertiary/aromatic N) is 1. The highest BCUT2D eigenvalue weighted by molar-refractivity contribution is 6.05. The largest absolute Gasteiger partial charge is 0.354 e. The minimum absolute atomic E-state index is 0.0804. The summed E-state index contributed by atoms with van der Waals surface area (Å²) in [4.78, 5) is 44.6. The predicted octanol–water partition coefficient (Wildman–Crippen LogP) is 4.99. The van der Waals surface area contributed by atoms with Crippen LogP contribution >= 0.6 is 0 Å². The van der Waals surface area contributed by atoms with Crippen molar-refractivity contribution in [2.75, 3.05) is 7.05 Å². The Hall–Kier alpha value is -2.89. The number of rotatable bonds is 8. The van der Waals surface area contributed by atoms with Crippen LogP contribution in [0.5, 0.6) is 0 Å². The lowest BCUT2D eigenvalue weighted by Gasteiger charge is -2.30. The Kier molecular flexibility index (Phi) is 6.70. The summed E-state index contributed by atoms with van der Waals surface area (Å²) in [5.74, 6) is 0.337. The Morgan fingerprint density at radius 2 is 1.85 bits per heavy atom. The molecule has 1 saturated carbocycles. The Morgan fingerprint density at radius 1 is 1.18 bits per heavy atom. The second-order valence-corrected chi connectivity index (χ2v) is 11.0. The molecule has 1 fully saturated rings. The highest BCUT2D eigenvalue weighted by Crippen LogP contribution is 2.37. The fraction of sp³-hybridized carbons (Fsp3) is 0.536. The van der Waals surface area contributed by atoms with Crippen LogP contribution in [0.1, 0.15) is 96.6 Å². The molecule has 4 rings (SSSR count). The number of aromatic nitrogens is 1. The number of carbonyl (C=O) groups is 3. The zero-order valence-electron chi connectivity index (χ0n) is 21.0. The number of ketones is 1. The first-order chi connectivity index (χ1) is 16.1. The van der Waals surface area contributed by atoms with Gasteiger partial charge < -0.3 is 15.2 Å². The first-order valence-corrected chi connectivity index (χ1v) is 12.4. The van der Waals surface area contributed by atoms with Crippen LogP contribution in [-0.2, 0) is 11.2 Å². The number of fused-ring (bicyclic) bond motifs is 1. The van der Waals surface area contributed by atoms with Crippen LogP contribution in [0.25, 0.3) is 0 Å². The number of nitrogens with one attached hydrogen (secondary N) is 2. The highest BCUT2D eigenvalue weighted by Gasteiger charge is 2.36. The number of likely N-dealkylation sites (N-methyl/N-ethyl adjacent to an activating group) is 1.